The molecule has 0 aromatic carbocycles. The Morgan fingerprint density at radius 3 is 3.21 bits per heavy atom. The van der Waals surface area contributed by atoms with Crippen molar-refractivity contribution in [1.29, 1.82) is 5.26 Å². The summed E-state index contributed by atoms with van der Waals surface area (Å²) >= 11 is 0. The molecule has 0 unspecified atom stereocenters. The molecule has 3 aromatic rings. The Hall–Kier alpha value is -3.08. The van der Waals surface area contributed by atoms with E-state index in [-0.39, 0.29) is 18.0 Å². The number of nitriles is 1. The number of nitrogens with two attached hydrogens (primary N) is 1. The van der Waals surface area contributed by atoms with Crippen molar-refractivity contribution in [1.82, 2.24) is 19.5 Å². The van der Waals surface area contributed by atoms with E-state index in [0.717, 1.165) is 0 Å². The number of H-pyrrole nitrogens is 1. The number of aromatic amines is 1. The van der Waals surface area contributed by atoms with Gasteiger partial charge in [-0.25, -0.2) is 4.98 Å². The van der Waals surface area contributed by atoms with Gasteiger partial charge in [0.2, 0.25) is 5.95 Å². The van der Waals surface area contributed by atoms with Crippen molar-refractivity contribution in [3.8, 4) is 6.07 Å². The number of hydrogen-bond acceptors (Lipinski definition) is 6. The molecule has 3 rings (SSSR count). The molecule has 0 saturated heterocycles. The Balaban J connectivity index is 2.12. The normalized spacial score (nSPS) is 10.7. The van der Waals surface area contributed by atoms with Crippen LogP contribution in [0.4, 0.5) is 5.95 Å². The number of nitrogens with zero attached hydrogens (tertiary/aromatic N) is 4. The van der Waals surface area contributed by atoms with Crippen molar-refractivity contribution in [2.75, 3.05) is 5.73 Å². The van der Waals surface area contributed by atoms with Gasteiger partial charge in [-0.2, -0.15) is 10.2 Å². The molecule has 0 fully saturated rings. The monoisotopic (exact) mass is 256 g/mol. The number of anilines is 1. The summed E-state index contributed by atoms with van der Waals surface area (Å²) in [6, 6.07) is 3.59. The topological polar surface area (TPSA) is 127 Å². The number of rotatable bonds is 2. The second kappa shape index (κ2) is 3.99. The van der Waals surface area contributed by atoms with Crippen molar-refractivity contribution in [3.05, 3.63) is 40.3 Å². The van der Waals surface area contributed by atoms with Crippen molar-refractivity contribution >= 4 is 17.1 Å². The summed E-state index contributed by atoms with van der Waals surface area (Å²) in [5.74, 6) is 0.488. The second-order valence-electron chi connectivity index (χ2n) is 3.87. The molecule has 8 nitrogen and oxygen atoms in total. The summed E-state index contributed by atoms with van der Waals surface area (Å²) in [6.07, 6.45) is 2.89. The van der Waals surface area contributed by atoms with E-state index in [1.165, 1.54) is 12.6 Å². The van der Waals surface area contributed by atoms with E-state index in [9.17, 15) is 4.79 Å². The summed E-state index contributed by atoms with van der Waals surface area (Å²) in [4.78, 5) is 22.0. The van der Waals surface area contributed by atoms with E-state index in [2.05, 4.69) is 15.0 Å². The van der Waals surface area contributed by atoms with Crippen LogP contribution < -0.4 is 11.3 Å². The third-order valence-electron chi connectivity index (χ3n) is 2.67. The number of fused-ring (bicyclic) bond motifs is 1. The molecule has 0 saturated carbocycles. The average molecular weight is 256 g/mol. The highest BCUT2D eigenvalue weighted by Gasteiger charge is 2.12. The highest BCUT2D eigenvalue weighted by molar-refractivity contribution is 5.70. The molecule has 3 N–H and O–H groups in total. The van der Waals surface area contributed by atoms with Crippen molar-refractivity contribution in [2.45, 2.75) is 6.54 Å². The number of furan rings is 1. The van der Waals surface area contributed by atoms with Crippen LogP contribution in [0.3, 0.4) is 0 Å². The fourth-order valence-electron chi connectivity index (χ4n) is 1.80. The summed E-state index contributed by atoms with van der Waals surface area (Å²) in [5, 5.41) is 8.91. The lowest BCUT2D eigenvalue weighted by Crippen LogP contribution is -2.12. The molecule has 0 amide bonds. The average Bonchev–Trinajstić information content (AvgIpc) is 2.97. The Morgan fingerprint density at radius 1 is 1.58 bits per heavy atom. The fraction of sp³-hybridized carbons (Fsp3) is 0.0909. The molecule has 0 radical (unpaired) electrons. The standard InChI is InChI=1S/C11H8N6O2/c12-3-6-1-2-19-7(6)4-17-5-14-8-9(17)15-11(13)16-10(8)18/h1-2,5H,4H2,(H3,13,15,16,18). The zero-order valence-electron chi connectivity index (χ0n) is 9.62. The van der Waals surface area contributed by atoms with E-state index in [0.29, 0.717) is 17.0 Å². The van der Waals surface area contributed by atoms with Crippen LogP contribution in [0.5, 0.6) is 0 Å². The van der Waals surface area contributed by atoms with Gasteiger partial charge in [0.05, 0.1) is 24.7 Å². The van der Waals surface area contributed by atoms with Crippen LogP contribution in [-0.2, 0) is 6.54 Å². The minimum atomic E-state index is -0.402. The van der Waals surface area contributed by atoms with E-state index in [1.54, 1.807) is 10.6 Å². The third-order valence-corrected chi connectivity index (χ3v) is 2.67. The van der Waals surface area contributed by atoms with Gasteiger partial charge < -0.3 is 14.7 Å². The summed E-state index contributed by atoms with van der Waals surface area (Å²) < 4.78 is 6.82. The number of aromatic nitrogens is 4. The van der Waals surface area contributed by atoms with Crippen LogP contribution in [0.2, 0.25) is 0 Å². The maximum Gasteiger partial charge on any atom is 0.280 e. The molecule has 0 aliphatic rings. The molecule has 0 spiro atoms. The first-order chi connectivity index (χ1) is 9.19. The van der Waals surface area contributed by atoms with Crippen LogP contribution in [0.15, 0.2) is 27.9 Å². The molecule has 94 valence electrons. The lowest BCUT2D eigenvalue weighted by molar-refractivity contribution is 0.494. The van der Waals surface area contributed by atoms with Crippen molar-refractivity contribution in [3.63, 3.8) is 0 Å². The molecular formula is C11H8N6O2. The number of nitrogens with one attached hydrogen (secondary N) is 1. The minimum absolute atomic E-state index is 0.0131. The molecule has 3 aromatic heterocycles. The SMILES string of the molecule is N#Cc1ccoc1Cn1cnc2c(=O)[nH]c(N)nc21. The molecule has 3 heterocycles. The number of hydrogen-bond donors (Lipinski definition) is 2. The number of imidazole rings is 1. The fourth-order valence-corrected chi connectivity index (χ4v) is 1.80. The quantitative estimate of drug-likeness (QED) is 0.675. The smallest absolute Gasteiger partial charge is 0.280 e. The largest absolute Gasteiger partial charge is 0.466 e. The molecule has 0 bridgehead atoms. The predicted octanol–water partition coefficient (Wildman–Crippen LogP) is 0.215. The van der Waals surface area contributed by atoms with Crippen LogP contribution >= 0.6 is 0 Å². The summed E-state index contributed by atoms with van der Waals surface area (Å²) in [7, 11) is 0. The third kappa shape index (κ3) is 1.73. The molecule has 8 heteroatoms. The Labute approximate surface area is 106 Å². The van der Waals surface area contributed by atoms with Crippen LogP contribution in [0, 0.1) is 11.3 Å². The van der Waals surface area contributed by atoms with E-state index < -0.39 is 5.56 Å². The summed E-state index contributed by atoms with van der Waals surface area (Å²) in [5.41, 5.74) is 6.07. The van der Waals surface area contributed by atoms with Gasteiger partial charge in [-0.05, 0) is 6.07 Å². The Kier molecular flexibility index (Phi) is 2.32. The highest BCUT2D eigenvalue weighted by atomic mass is 16.3. The summed E-state index contributed by atoms with van der Waals surface area (Å²) in [6.45, 7) is 0.252. The van der Waals surface area contributed by atoms with E-state index in [4.69, 9.17) is 15.4 Å². The van der Waals surface area contributed by atoms with Gasteiger partial charge in [0.1, 0.15) is 11.8 Å². The van der Waals surface area contributed by atoms with Crippen LogP contribution in [0.1, 0.15) is 11.3 Å². The lowest BCUT2D eigenvalue weighted by atomic mass is 10.3. The van der Waals surface area contributed by atoms with Gasteiger partial charge in [-0.1, -0.05) is 0 Å². The number of nitrogen functional groups attached to an aromatic ring is 1. The minimum Gasteiger partial charge on any atom is -0.466 e. The van der Waals surface area contributed by atoms with Gasteiger partial charge in [0.25, 0.3) is 5.56 Å². The van der Waals surface area contributed by atoms with Crippen LogP contribution in [-0.4, -0.2) is 19.5 Å². The maximum atomic E-state index is 11.6. The van der Waals surface area contributed by atoms with Crippen LogP contribution in [0.25, 0.3) is 11.2 Å². The van der Waals surface area contributed by atoms with Gasteiger partial charge in [-0.15, -0.1) is 0 Å². The molecule has 0 aliphatic heterocycles. The van der Waals surface area contributed by atoms with Gasteiger partial charge in [0, 0.05) is 0 Å². The van der Waals surface area contributed by atoms with Gasteiger partial charge in [0.15, 0.2) is 11.2 Å². The van der Waals surface area contributed by atoms with Crippen molar-refractivity contribution < 1.29 is 4.42 Å². The highest BCUT2D eigenvalue weighted by Crippen LogP contribution is 2.14. The second-order valence-corrected chi connectivity index (χ2v) is 3.87. The molecular weight excluding hydrogens is 248 g/mol. The molecule has 0 atom stereocenters. The lowest BCUT2D eigenvalue weighted by Gasteiger charge is -2.01. The first kappa shape index (κ1) is 11.0. The molecule has 19 heavy (non-hydrogen) atoms. The zero-order valence-corrected chi connectivity index (χ0v) is 9.62. The van der Waals surface area contributed by atoms with Crippen molar-refractivity contribution in [2.24, 2.45) is 0 Å². The Bertz CT molecular complexity index is 850. The van der Waals surface area contributed by atoms with Gasteiger partial charge in [-0.3, -0.25) is 9.78 Å². The van der Waals surface area contributed by atoms with Gasteiger partial charge >= 0.3 is 0 Å². The Morgan fingerprint density at radius 2 is 2.42 bits per heavy atom. The van der Waals surface area contributed by atoms with E-state index in [1.807, 2.05) is 6.07 Å². The predicted molar refractivity (Wildman–Crippen MR) is 65.1 cm³/mol. The first-order valence-electron chi connectivity index (χ1n) is 5.36. The zero-order chi connectivity index (χ0) is 13.4. The first-order valence-corrected chi connectivity index (χ1v) is 5.36. The maximum absolute atomic E-state index is 11.6. The van der Waals surface area contributed by atoms with E-state index >= 15 is 0 Å². The molecule has 0 aliphatic carbocycles.